The lowest BCUT2D eigenvalue weighted by atomic mass is 9.72. The largest absolute Gasteiger partial charge is 0.301 e. The standard InChI is InChI=1S/C18H19Cl2N/c1-12-4-6-13(7-5-12)18(2)11-21(3)10-15-16(18)8-14(19)9-17(15)20/h4-9H,10-11H2,1-3H3. The number of halogens is 2. The van der Waals surface area contributed by atoms with Crippen molar-refractivity contribution < 1.29 is 0 Å². The van der Waals surface area contributed by atoms with Gasteiger partial charge in [0.1, 0.15) is 0 Å². The molecule has 0 aromatic heterocycles. The Morgan fingerprint density at radius 2 is 1.76 bits per heavy atom. The van der Waals surface area contributed by atoms with Gasteiger partial charge in [-0.25, -0.2) is 0 Å². The van der Waals surface area contributed by atoms with Gasteiger partial charge in [-0.05, 0) is 42.8 Å². The molecule has 1 unspecified atom stereocenters. The van der Waals surface area contributed by atoms with Crippen molar-refractivity contribution in [2.45, 2.75) is 25.8 Å². The zero-order valence-corrected chi connectivity index (χ0v) is 14.1. The Bertz CT molecular complexity index is 678. The highest BCUT2D eigenvalue weighted by atomic mass is 35.5. The van der Waals surface area contributed by atoms with Crippen molar-refractivity contribution >= 4 is 23.2 Å². The van der Waals surface area contributed by atoms with Gasteiger partial charge in [0.05, 0.1) is 0 Å². The molecule has 2 aromatic carbocycles. The maximum absolute atomic E-state index is 6.44. The molecule has 3 rings (SSSR count). The van der Waals surface area contributed by atoms with Gasteiger partial charge in [-0.15, -0.1) is 0 Å². The van der Waals surface area contributed by atoms with Crippen molar-refractivity contribution in [2.75, 3.05) is 13.6 Å². The minimum Gasteiger partial charge on any atom is -0.301 e. The maximum atomic E-state index is 6.44. The number of hydrogen-bond donors (Lipinski definition) is 0. The van der Waals surface area contributed by atoms with Crippen LogP contribution in [-0.4, -0.2) is 18.5 Å². The van der Waals surface area contributed by atoms with E-state index in [0.29, 0.717) is 5.02 Å². The molecule has 1 atom stereocenters. The second kappa shape index (κ2) is 5.31. The zero-order valence-electron chi connectivity index (χ0n) is 12.6. The Balaban J connectivity index is 2.22. The number of aryl methyl sites for hydroxylation is 1. The number of nitrogens with zero attached hydrogens (tertiary/aromatic N) is 1. The lowest BCUT2D eigenvalue weighted by molar-refractivity contribution is 0.248. The smallest absolute Gasteiger partial charge is 0.0468 e. The van der Waals surface area contributed by atoms with Crippen molar-refractivity contribution in [3.63, 3.8) is 0 Å². The van der Waals surface area contributed by atoms with E-state index in [1.54, 1.807) is 0 Å². The van der Waals surface area contributed by atoms with Crippen molar-refractivity contribution in [2.24, 2.45) is 0 Å². The fraction of sp³-hybridized carbons (Fsp3) is 0.333. The minimum atomic E-state index is -0.0927. The van der Waals surface area contributed by atoms with Gasteiger partial charge in [0, 0.05) is 28.5 Å². The van der Waals surface area contributed by atoms with Crippen LogP contribution in [0.3, 0.4) is 0 Å². The quantitative estimate of drug-likeness (QED) is 0.710. The Hall–Kier alpha value is -1.02. The van der Waals surface area contributed by atoms with Crippen LogP contribution in [0.4, 0.5) is 0 Å². The van der Waals surface area contributed by atoms with Crippen LogP contribution in [0.15, 0.2) is 36.4 Å². The summed E-state index contributed by atoms with van der Waals surface area (Å²) in [6.07, 6.45) is 0. The van der Waals surface area contributed by atoms with E-state index in [9.17, 15) is 0 Å². The van der Waals surface area contributed by atoms with Gasteiger partial charge in [-0.1, -0.05) is 60.0 Å². The van der Waals surface area contributed by atoms with Gasteiger partial charge in [0.25, 0.3) is 0 Å². The van der Waals surface area contributed by atoms with E-state index in [-0.39, 0.29) is 5.41 Å². The first-order valence-corrected chi connectivity index (χ1v) is 7.90. The Morgan fingerprint density at radius 3 is 2.43 bits per heavy atom. The first-order valence-electron chi connectivity index (χ1n) is 7.14. The molecule has 0 bridgehead atoms. The van der Waals surface area contributed by atoms with Crippen LogP contribution in [0, 0.1) is 6.92 Å². The van der Waals surface area contributed by atoms with E-state index < -0.39 is 0 Å². The molecule has 0 N–H and O–H groups in total. The van der Waals surface area contributed by atoms with Gasteiger partial charge in [0.15, 0.2) is 0 Å². The summed E-state index contributed by atoms with van der Waals surface area (Å²) in [7, 11) is 2.14. The van der Waals surface area contributed by atoms with Crippen molar-refractivity contribution in [3.8, 4) is 0 Å². The molecular weight excluding hydrogens is 301 g/mol. The Kier molecular flexibility index (Phi) is 3.77. The van der Waals surface area contributed by atoms with E-state index in [2.05, 4.69) is 56.1 Å². The lowest BCUT2D eigenvalue weighted by Gasteiger charge is -2.41. The number of likely N-dealkylation sites (N-methyl/N-ethyl adjacent to an activating group) is 1. The number of benzene rings is 2. The summed E-state index contributed by atoms with van der Waals surface area (Å²) in [5, 5.41) is 1.48. The summed E-state index contributed by atoms with van der Waals surface area (Å²) in [6, 6.07) is 12.7. The molecule has 110 valence electrons. The fourth-order valence-corrected chi connectivity index (χ4v) is 3.93. The van der Waals surface area contributed by atoms with Crippen molar-refractivity contribution in [3.05, 3.63) is 68.7 Å². The SMILES string of the molecule is Cc1ccc(C2(C)CN(C)Cc3c(Cl)cc(Cl)cc32)cc1. The van der Waals surface area contributed by atoms with Gasteiger partial charge in [0.2, 0.25) is 0 Å². The molecule has 1 aliphatic heterocycles. The molecule has 21 heavy (non-hydrogen) atoms. The first kappa shape index (κ1) is 14.9. The molecule has 0 amide bonds. The summed E-state index contributed by atoms with van der Waals surface area (Å²) < 4.78 is 0. The van der Waals surface area contributed by atoms with Crippen LogP contribution in [0.25, 0.3) is 0 Å². The van der Waals surface area contributed by atoms with E-state index in [4.69, 9.17) is 23.2 Å². The highest BCUT2D eigenvalue weighted by Crippen LogP contribution is 2.42. The topological polar surface area (TPSA) is 3.24 Å². The second-order valence-electron chi connectivity index (χ2n) is 6.28. The minimum absolute atomic E-state index is 0.0927. The van der Waals surface area contributed by atoms with Gasteiger partial charge >= 0.3 is 0 Å². The molecule has 0 saturated carbocycles. The maximum Gasteiger partial charge on any atom is 0.0468 e. The Labute approximate surface area is 136 Å². The third-order valence-corrected chi connectivity index (χ3v) is 5.01. The summed E-state index contributed by atoms with van der Waals surface area (Å²) in [4.78, 5) is 2.32. The predicted octanol–water partition coefficient (Wildman–Crippen LogP) is 5.05. The third kappa shape index (κ3) is 2.59. The van der Waals surface area contributed by atoms with Crippen LogP contribution < -0.4 is 0 Å². The van der Waals surface area contributed by atoms with Gasteiger partial charge < -0.3 is 4.90 Å². The number of rotatable bonds is 1. The van der Waals surface area contributed by atoms with E-state index >= 15 is 0 Å². The highest BCUT2D eigenvalue weighted by molar-refractivity contribution is 6.35. The molecule has 3 heteroatoms. The highest BCUT2D eigenvalue weighted by Gasteiger charge is 2.37. The van der Waals surface area contributed by atoms with Crippen LogP contribution in [0.2, 0.25) is 10.0 Å². The van der Waals surface area contributed by atoms with Crippen LogP contribution in [0.1, 0.15) is 29.2 Å². The molecule has 1 nitrogen and oxygen atoms in total. The average molecular weight is 320 g/mol. The van der Waals surface area contributed by atoms with E-state index in [1.165, 1.54) is 22.3 Å². The second-order valence-corrected chi connectivity index (χ2v) is 7.13. The fourth-order valence-electron chi connectivity index (χ4n) is 3.38. The van der Waals surface area contributed by atoms with Crippen molar-refractivity contribution in [1.29, 1.82) is 0 Å². The van der Waals surface area contributed by atoms with E-state index in [1.807, 2.05) is 6.07 Å². The first-order chi connectivity index (χ1) is 9.90. The van der Waals surface area contributed by atoms with Crippen LogP contribution >= 0.6 is 23.2 Å². The van der Waals surface area contributed by atoms with Crippen molar-refractivity contribution in [1.82, 2.24) is 4.90 Å². The Morgan fingerprint density at radius 1 is 1.10 bits per heavy atom. The molecule has 1 aliphatic rings. The number of fused-ring (bicyclic) bond motifs is 1. The summed E-state index contributed by atoms with van der Waals surface area (Å²) in [6.45, 7) is 6.21. The molecule has 0 radical (unpaired) electrons. The summed E-state index contributed by atoms with van der Waals surface area (Å²) >= 11 is 12.7. The molecule has 0 saturated heterocycles. The average Bonchev–Trinajstić information content (AvgIpc) is 2.41. The van der Waals surface area contributed by atoms with Crippen LogP contribution in [0.5, 0.6) is 0 Å². The molecule has 0 fully saturated rings. The molecule has 0 aliphatic carbocycles. The zero-order chi connectivity index (χ0) is 15.2. The molecule has 0 spiro atoms. The normalized spacial score (nSPS) is 22.1. The monoisotopic (exact) mass is 319 g/mol. The number of hydrogen-bond acceptors (Lipinski definition) is 1. The van der Waals surface area contributed by atoms with Gasteiger partial charge in [-0.2, -0.15) is 0 Å². The molecular formula is C18H19Cl2N. The summed E-state index contributed by atoms with van der Waals surface area (Å²) in [5.41, 5.74) is 4.93. The third-order valence-electron chi connectivity index (χ3n) is 4.46. The van der Waals surface area contributed by atoms with E-state index in [0.717, 1.165) is 18.1 Å². The lowest BCUT2D eigenvalue weighted by Crippen LogP contribution is -2.43. The van der Waals surface area contributed by atoms with Gasteiger partial charge in [-0.3, -0.25) is 0 Å². The molecule has 1 heterocycles. The molecule has 2 aromatic rings. The summed E-state index contributed by atoms with van der Waals surface area (Å²) in [5.74, 6) is 0. The predicted molar refractivity (Wildman–Crippen MR) is 90.4 cm³/mol. The van der Waals surface area contributed by atoms with Crippen LogP contribution in [-0.2, 0) is 12.0 Å².